The van der Waals surface area contributed by atoms with Crippen molar-refractivity contribution >= 4 is 21.5 Å². The molecule has 0 aliphatic rings. The molecule has 0 heterocycles. The van der Waals surface area contributed by atoms with E-state index in [0.29, 0.717) is 30.3 Å². The Balaban J connectivity index is 2.78. The minimum Gasteiger partial charge on any atom is -0.493 e. The molecule has 1 N–H and O–H groups in total. The fraction of sp³-hybridized carbons (Fsp3) is 0.458. The van der Waals surface area contributed by atoms with E-state index in [0.717, 1.165) is 43.6 Å². The van der Waals surface area contributed by atoms with Gasteiger partial charge in [0.05, 0.1) is 18.4 Å². The fourth-order valence-corrected chi connectivity index (χ4v) is 4.17. The maximum Gasteiger partial charge on any atom is 0.335 e. The number of aryl methyl sites for hydroxylation is 1. The van der Waals surface area contributed by atoms with Crippen molar-refractivity contribution < 1.29 is 27.8 Å². The van der Waals surface area contributed by atoms with E-state index in [-0.39, 0.29) is 16.2 Å². The van der Waals surface area contributed by atoms with Gasteiger partial charge in [0.25, 0.3) is 0 Å². The standard InChI is InChI=1S/C24H33NO6S/c1-6-8-12-25(13-9-7-2)19-15-18(24(26)27)16-22(32(5,28)29)23(19)31-20-11-10-17(3)14-21(20)30-4/h10-11,14-16H,6-9,12-13H2,1-5H3,(H,26,27). The van der Waals surface area contributed by atoms with Crippen LogP contribution in [-0.4, -0.2) is 45.9 Å². The first-order chi connectivity index (χ1) is 15.1. The summed E-state index contributed by atoms with van der Waals surface area (Å²) in [6.07, 6.45) is 4.70. The molecular weight excluding hydrogens is 430 g/mol. The highest BCUT2D eigenvalue weighted by atomic mass is 32.2. The maximum absolute atomic E-state index is 12.7. The number of rotatable bonds is 12. The second-order valence-electron chi connectivity index (χ2n) is 7.85. The van der Waals surface area contributed by atoms with E-state index in [9.17, 15) is 18.3 Å². The van der Waals surface area contributed by atoms with Gasteiger partial charge in [0.15, 0.2) is 27.1 Å². The van der Waals surface area contributed by atoms with Crippen LogP contribution in [0.5, 0.6) is 17.2 Å². The van der Waals surface area contributed by atoms with Gasteiger partial charge in [-0.3, -0.25) is 0 Å². The topological polar surface area (TPSA) is 93.1 Å². The molecule has 0 radical (unpaired) electrons. The quantitative estimate of drug-likeness (QED) is 0.456. The second-order valence-corrected chi connectivity index (χ2v) is 9.83. The molecule has 0 bridgehead atoms. The van der Waals surface area contributed by atoms with Gasteiger partial charge in [-0.15, -0.1) is 0 Å². The number of benzene rings is 2. The number of methoxy groups -OCH3 is 1. The first-order valence-corrected chi connectivity index (χ1v) is 12.7. The summed E-state index contributed by atoms with van der Waals surface area (Å²) in [5, 5.41) is 9.65. The normalized spacial score (nSPS) is 11.3. The van der Waals surface area contributed by atoms with Crippen LogP contribution in [0.2, 0.25) is 0 Å². The Bertz CT molecular complexity index is 1040. The molecule has 0 amide bonds. The fourth-order valence-electron chi connectivity index (χ4n) is 3.34. The predicted molar refractivity (Wildman–Crippen MR) is 126 cm³/mol. The van der Waals surface area contributed by atoms with Crippen LogP contribution in [0.3, 0.4) is 0 Å². The van der Waals surface area contributed by atoms with Gasteiger partial charge in [-0.05, 0) is 49.6 Å². The Morgan fingerprint density at radius 1 is 1.03 bits per heavy atom. The number of anilines is 1. The summed E-state index contributed by atoms with van der Waals surface area (Å²) in [4.78, 5) is 13.7. The molecule has 0 atom stereocenters. The molecule has 0 spiro atoms. The van der Waals surface area contributed by atoms with Gasteiger partial charge in [0, 0.05) is 19.3 Å². The van der Waals surface area contributed by atoms with Crippen molar-refractivity contribution in [3.63, 3.8) is 0 Å². The predicted octanol–water partition coefficient (Wildman–Crippen LogP) is 5.30. The van der Waals surface area contributed by atoms with Crippen LogP contribution in [0.15, 0.2) is 35.2 Å². The van der Waals surface area contributed by atoms with Crippen molar-refractivity contribution in [1.29, 1.82) is 0 Å². The highest BCUT2D eigenvalue weighted by Gasteiger charge is 2.26. The molecule has 0 aromatic heterocycles. The zero-order chi connectivity index (χ0) is 23.9. The Kier molecular flexibility index (Phi) is 8.95. The number of unbranched alkanes of at least 4 members (excludes halogenated alkanes) is 2. The van der Waals surface area contributed by atoms with Crippen LogP contribution in [0.4, 0.5) is 5.69 Å². The Hall–Kier alpha value is -2.74. The molecule has 8 heteroatoms. The van der Waals surface area contributed by atoms with E-state index in [1.54, 1.807) is 12.1 Å². The largest absolute Gasteiger partial charge is 0.493 e. The van der Waals surface area contributed by atoms with Crippen LogP contribution in [-0.2, 0) is 9.84 Å². The zero-order valence-electron chi connectivity index (χ0n) is 19.5. The van der Waals surface area contributed by atoms with Crippen LogP contribution in [0, 0.1) is 6.92 Å². The molecule has 2 rings (SSSR count). The Labute approximate surface area is 190 Å². The van der Waals surface area contributed by atoms with Gasteiger partial charge in [0.2, 0.25) is 0 Å². The van der Waals surface area contributed by atoms with Crippen molar-refractivity contribution in [1.82, 2.24) is 0 Å². The number of carboxylic acids is 1. The average molecular weight is 464 g/mol. The van der Waals surface area contributed by atoms with Crippen LogP contribution < -0.4 is 14.4 Å². The summed E-state index contributed by atoms with van der Waals surface area (Å²) in [7, 11) is -2.27. The van der Waals surface area contributed by atoms with E-state index < -0.39 is 15.8 Å². The summed E-state index contributed by atoms with van der Waals surface area (Å²) in [5.41, 5.74) is 1.32. The highest BCUT2D eigenvalue weighted by Crippen LogP contribution is 2.42. The molecule has 0 aliphatic carbocycles. The van der Waals surface area contributed by atoms with Gasteiger partial charge < -0.3 is 19.5 Å². The lowest BCUT2D eigenvalue weighted by atomic mass is 10.1. The monoisotopic (exact) mass is 463 g/mol. The molecule has 2 aromatic carbocycles. The molecule has 0 fully saturated rings. The number of carboxylic acid groups (broad SMARTS) is 1. The lowest BCUT2D eigenvalue weighted by Gasteiger charge is -2.28. The van der Waals surface area contributed by atoms with E-state index in [2.05, 4.69) is 13.8 Å². The van der Waals surface area contributed by atoms with Crippen LogP contribution >= 0.6 is 0 Å². The summed E-state index contributed by atoms with van der Waals surface area (Å²) in [5.74, 6) is -0.252. The minimum atomic E-state index is -3.79. The Morgan fingerprint density at radius 2 is 1.66 bits per heavy atom. The van der Waals surface area contributed by atoms with Crippen molar-refractivity contribution in [2.24, 2.45) is 0 Å². The van der Waals surface area contributed by atoms with Gasteiger partial charge in [-0.1, -0.05) is 32.8 Å². The first-order valence-electron chi connectivity index (χ1n) is 10.8. The van der Waals surface area contributed by atoms with Gasteiger partial charge >= 0.3 is 5.97 Å². The van der Waals surface area contributed by atoms with Crippen molar-refractivity contribution in [3.05, 3.63) is 41.5 Å². The van der Waals surface area contributed by atoms with E-state index >= 15 is 0 Å². The third kappa shape index (κ3) is 6.38. The Morgan fingerprint density at radius 3 is 2.16 bits per heavy atom. The van der Waals surface area contributed by atoms with Gasteiger partial charge in [-0.25, -0.2) is 13.2 Å². The maximum atomic E-state index is 12.7. The lowest BCUT2D eigenvalue weighted by Crippen LogP contribution is -2.27. The van der Waals surface area contributed by atoms with Crippen LogP contribution in [0.25, 0.3) is 0 Å². The minimum absolute atomic E-state index is 0.0957. The summed E-state index contributed by atoms with van der Waals surface area (Å²) in [6, 6.07) is 8.02. The molecule has 7 nitrogen and oxygen atoms in total. The number of hydrogen-bond acceptors (Lipinski definition) is 6. The van der Waals surface area contributed by atoms with E-state index in [4.69, 9.17) is 9.47 Å². The number of nitrogens with zero attached hydrogens (tertiary/aromatic N) is 1. The number of hydrogen-bond donors (Lipinski definition) is 1. The van der Waals surface area contributed by atoms with E-state index in [1.807, 2.05) is 17.9 Å². The average Bonchev–Trinajstić information content (AvgIpc) is 2.74. The number of carbonyl (C=O) groups is 1. The third-order valence-corrected chi connectivity index (χ3v) is 6.22. The first kappa shape index (κ1) is 25.5. The molecule has 176 valence electrons. The number of sulfone groups is 1. The van der Waals surface area contributed by atoms with Crippen molar-refractivity contribution in [2.45, 2.75) is 51.3 Å². The van der Waals surface area contributed by atoms with Crippen molar-refractivity contribution in [3.8, 4) is 17.2 Å². The number of ether oxygens (including phenoxy) is 2. The molecule has 2 aromatic rings. The molecule has 0 unspecified atom stereocenters. The summed E-state index contributed by atoms with van der Waals surface area (Å²) >= 11 is 0. The van der Waals surface area contributed by atoms with Gasteiger partial charge in [-0.2, -0.15) is 0 Å². The third-order valence-electron chi connectivity index (χ3n) is 5.12. The lowest BCUT2D eigenvalue weighted by molar-refractivity contribution is 0.0696. The number of aromatic carboxylic acids is 1. The van der Waals surface area contributed by atoms with Crippen LogP contribution in [0.1, 0.15) is 55.5 Å². The zero-order valence-corrected chi connectivity index (χ0v) is 20.3. The van der Waals surface area contributed by atoms with E-state index in [1.165, 1.54) is 13.2 Å². The summed E-state index contributed by atoms with van der Waals surface area (Å²) in [6.45, 7) is 7.37. The van der Waals surface area contributed by atoms with Crippen molar-refractivity contribution in [2.75, 3.05) is 31.4 Å². The molecular formula is C24H33NO6S. The smallest absolute Gasteiger partial charge is 0.335 e. The molecule has 32 heavy (non-hydrogen) atoms. The molecule has 0 saturated heterocycles. The van der Waals surface area contributed by atoms with Gasteiger partial charge in [0.1, 0.15) is 4.90 Å². The SMILES string of the molecule is CCCCN(CCCC)c1cc(C(=O)O)cc(S(C)(=O)=O)c1Oc1ccc(C)cc1OC. The second kappa shape index (κ2) is 11.2. The molecule has 0 aliphatic heterocycles. The highest BCUT2D eigenvalue weighted by molar-refractivity contribution is 7.90. The summed E-state index contributed by atoms with van der Waals surface area (Å²) < 4.78 is 37.0. The molecule has 0 saturated carbocycles.